The van der Waals surface area contributed by atoms with Crippen molar-refractivity contribution in [3.05, 3.63) is 39.6 Å². The average Bonchev–Trinajstić information content (AvgIpc) is 2.32. The fraction of sp³-hybridized carbons (Fsp3) is 0.0909. The molecule has 4 nitrogen and oxygen atoms in total. The summed E-state index contributed by atoms with van der Waals surface area (Å²) in [7, 11) is 0. The fourth-order valence-electron chi connectivity index (χ4n) is 1.38. The summed E-state index contributed by atoms with van der Waals surface area (Å²) < 4.78 is 38.3. The van der Waals surface area contributed by atoms with Crippen LogP contribution >= 0.6 is 27.5 Å². The lowest BCUT2D eigenvalue weighted by molar-refractivity contribution is -0.144. The van der Waals surface area contributed by atoms with Gasteiger partial charge in [-0.25, -0.2) is 9.97 Å². The normalized spacial score (nSPS) is 11.4. The first-order valence-electron chi connectivity index (χ1n) is 5.19. The van der Waals surface area contributed by atoms with Crippen molar-refractivity contribution in [3.8, 4) is 0 Å². The van der Waals surface area contributed by atoms with E-state index in [4.69, 9.17) is 17.3 Å². The van der Waals surface area contributed by atoms with Crippen LogP contribution in [0.2, 0.25) is 5.02 Å². The number of nitrogens with zero attached hydrogens (tertiary/aromatic N) is 2. The van der Waals surface area contributed by atoms with E-state index in [2.05, 4.69) is 31.2 Å². The summed E-state index contributed by atoms with van der Waals surface area (Å²) in [5, 5.41) is 3.19. The molecule has 1 heterocycles. The van der Waals surface area contributed by atoms with Crippen LogP contribution in [0, 0.1) is 0 Å². The Hall–Kier alpha value is -1.54. The first-order valence-corrected chi connectivity index (χ1v) is 6.36. The van der Waals surface area contributed by atoms with Gasteiger partial charge in [0.2, 0.25) is 5.82 Å². The van der Waals surface area contributed by atoms with E-state index in [9.17, 15) is 13.2 Å². The van der Waals surface area contributed by atoms with Crippen molar-refractivity contribution in [1.29, 1.82) is 0 Å². The molecule has 0 bridgehead atoms. The summed E-state index contributed by atoms with van der Waals surface area (Å²) in [5.41, 5.74) is 5.85. The molecule has 106 valence electrons. The topological polar surface area (TPSA) is 63.8 Å². The third-order valence-electron chi connectivity index (χ3n) is 2.19. The number of aromatic nitrogens is 2. The van der Waals surface area contributed by atoms with E-state index in [1.165, 1.54) is 6.07 Å². The zero-order chi connectivity index (χ0) is 14.9. The third-order valence-corrected chi connectivity index (χ3v) is 3.41. The third kappa shape index (κ3) is 3.51. The van der Waals surface area contributed by atoms with E-state index >= 15 is 0 Å². The molecule has 1 aromatic carbocycles. The summed E-state index contributed by atoms with van der Waals surface area (Å²) in [4.78, 5) is 6.53. The maximum Gasteiger partial charge on any atom is 0.451 e. The summed E-state index contributed by atoms with van der Waals surface area (Å²) in [5.74, 6) is -1.63. The van der Waals surface area contributed by atoms with Crippen molar-refractivity contribution >= 4 is 44.9 Å². The quantitative estimate of drug-likeness (QED) is 0.833. The molecule has 0 amide bonds. The Balaban J connectivity index is 2.33. The number of benzene rings is 1. The van der Waals surface area contributed by atoms with Crippen molar-refractivity contribution in [2.24, 2.45) is 0 Å². The minimum atomic E-state index is -4.66. The highest BCUT2D eigenvalue weighted by Crippen LogP contribution is 2.30. The Bertz CT molecular complexity index is 648. The molecule has 2 rings (SSSR count). The molecule has 9 heteroatoms. The highest BCUT2D eigenvalue weighted by Gasteiger charge is 2.35. The van der Waals surface area contributed by atoms with E-state index in [-0.39, 0.29) is 11.6 Å². The lowest BCUT2D eigenvalue weighted by atomic mass is 10.3. The van der Waals surface area contributed by atoms with Crippen LogP contribution in [0.4, 0.5) is 30.5 Å². The van der Waals surface area contributed by atoms with Gasteiger partial charge in [0.1, 0.15) is 11.6 Å². The van der Waals surface area contributed by atoms with Crippen LogP contribution in [-0.4, -0.2) is 9.97 Å². The van der Waals surface area contributed by atoms with Gasteiger partial charge >= 0.3 is 6.18 Å². The van der Waals surface area contributed by atoms with Gasteiger partial charge in [-0.1, -0.05) is 11.6 Å². The van der Waals surface area contributed by atoms with Crippen molar-refractivity contribution in [1.82, 2.24) is 9.97 Å². The lowest BCUT2D eigenvalue weighted by Gasteiger charge is -2.10. The number of anilines is 3. The standard InChI is InChI=1S/C11H7BrClF3N4/c12-6-3-5(1-2-7(6)13)18-9-4-8(17)19-10(20-9)11(14,15)16/h1-4H,(H3,17,18,19,20). The molecular formula is C11H7BrClF3N4. The zero-order valence-corrected chi connectivity index (χ0v) is 12.0. The summed E-state index contributed by atoms with van der Waals surface area (Å²) in [6, 6.07) is 5.99. The van der Waals surface area contributed by atoms with E-state index in [1.54, 1.807) is 18.2 Å². The second-order valence-electron chi connectivity index (χ2n) is 3.75. The number of halogens is 5. The SMILES string of the molecule is Nc1cc(Nc2ccc(Cl)c(Br)c2)nc(C(F)(F)F)n1. The van der Waals surface area contributed by atoms with Crippen LogP contribution in [-0.2, 0) is 6.18 Å². The maximum absolute atomic E-state index is 12.6. The zero-order valence-electron chi connectivity index (χ0n) is 9.67. The Kier molecular flexibility index (Phi) is 4.05. The van der Waals surface area contributed by atoms with Crippen LogP contribution < -0.4 is 11.1 Å². The van der Waals surface area contributed by atoms with E-state index < -0.39 is 12.0 Å². The monoisotopic (exact) mass is 366 g/mol. The molecule has 0 aliphatic heterocycles. The smallest absolute Gasteiger partial charge is 0.384 e. The highest BCUT2D eigenvalue weighted by atomic mass is 79.9. The largest absolute Gasteiger partial charge is 0.451 e. The van der Waals surface area contributed by atoms with Crippen LogP contribution in [0.25, 0.3) is 0 Å². The van der Waals surface area contributed by atoms with Crippen molar-refractivity contribution in [2.75, 3.05) is 11.1 Å². The second-order valence-corrected chi connectivity index (χ2v) is 5.01. The Labute approximate surface area is 125 Å². The van der Waals surface area contributed by atoms with Crippen LogP contribution in [0.15, 0.2) is 28.7 Å². The molecule has 0 fully saturated rings. The molecule has 1 aromatic heterocycles. The molecule has 0 atom stereocenters. The predicted octanol–water partition coefficient (Wildman–Crippen LogP) is 4.24. The second kappa shape index (κ2) is 5.45. The van der Waals surface area contributed by atoms with Gasteiger partial charge in [0, 0.05) is 16.2 Å². The first-order chi connectivity index (χ1) is 9.25. The molecule has 20 heavy (non-hydrogen) atoms. The molecule has 3 N–H and O–H groups in total. The van der Waals surface area contributed by atoms with Crippen molar-refractivity contribution in [3.63, 3.8) is 0 Å². The van der Waals surface area contributed by atoms with Gasteiger partial charge < -0.3 is 11.1 Å². The summed E-state index contributed by atoms with van der Waals surface area (Å²) in [6.07, 6.45) is -4.66. The molecular weight excluding hydrogens is 360 g/mol. The van der Waals surface area contributed by atoms with E-state index in [0.717, 1.165) is 0 Å². The Morgan fingerprint density at radius 2 is 1.90 bits per heavy atom. The van der Waals surface area contributed by atoms with Crippen molar-refractivity contribution < 1.29 is 13.2 Å². The number of alkyl halides is 3. The number of nitrogens with two attached hydrogens (primary N) is 1. The fourth-order valence-corrected chi connectivity index (χ4v) is 1.87. The number of nitrogen functional groups attached to an aromatic ring is 1. The van der Waals surface area contributed by atoms with Gasteiger partial charge in [-0.3, -0.25) is 0 Å². The average molecular weight is 368 g/mol. The maximum atomic E-state index is 12.6. The van der Waals surface area contributed by atoms with Gasteiger partial charge in [-0.15, -0.1) is 0 Å². The summed E-state index contributed by atoms with van der Waals surface area (Å²) in [6.45, 7) is 0. The Morgan fingerprint density at radius 1 is 1.20 bits per heavy atom. The van der Waals surface area contributed by atoms with Gasteiger partial charge in [0.25, 0.3) is 0 Å². The minimum absolute atomic E-state index is 0.0564. The molecule has 0 radical (unpaired) electrons. The molecule has 0 aliphatic rings. The number of hydrogen-bond donors (Lipinski definition) is 2. The van der Waals surface area contributed by atoms with Gasteiger partial charge in [0.15, 0.2) is 0 Å². The minimum Gasteiger partial charge on any atom is -0.384 e. The number of rotatable bonds is 2. The lowest BCUT2D eigenvalue weighted by Crippen LogP contribution is -2.13. The van der Waals surface area contributed by atoms with Gasteiger partial charge in [0.05, 0.1) is 5.02 Å². The number of nitrogens with one attached hydrogen (secondary N) is 1. The van der Waals surface area contributed by atoms with E-state index in [0.29, 0.717) is 15.2 Å². The van der Waals surface area contributed by atoms with Gasteiger partial charge in [-0.05, 0) is 34.1 Å². The molecule has 0 unspecified atom stereocenters. The first kappa shape index (κ1) is 14.9. The van der Waals surface area contributed by atoms with E-state index in [1.807, 2.05) is 0 Å². The van der Waals surface area contributed by atoms with Crippen LogP contribution in [0.5, 0.6) is 0 Å². The summed E-state index contributed by atoms with van der Waals surface area (Å²) >= 11 is 9.04. The molecule has 2 aromatic rings. The number of hydrogen-bond acceptors (Lipinski definition) is 4. The molecule has 0 saturated heterocycles. The van der Waals surface area contributed by atoms with Crippen LogP contribution in [0.1, 0.15) is 5.82 Å². The molecule has 0 saturated carbocycles. The predicted molar refractivity (Wildman–Crippen MR) is 73.9 cm³/mol. The Morgan fingerprint density at radius 3 is 2.50 bits per heavy atom. The van der Waals surface area contributed by atoms with Crippen molar-refractivity contribution in [2.45, 2.75) is 6.18 Å². The van der Waals surface area contributed by atoms with Crippen LogP contribution in [0.3, 0.4) is 0 Å². The van der Waals surface area contributed by atoms with Gasteiger partial charge in [-0.2, -0.15) is 13.2 Å². The highest BCUT2D eigenvalue weighted by molar-refractivity contribution is 9.10. The molecule has 0 aliphatic carbocycles. The molecule has 0 spiro atoms.